The lowest BCUT2D eigenvalue weighted by molar-refractivity contribution is -0.139. The molecule has 2 saturated heterocycles. The molecule has 2 unspecified atom stereocenters. The van der Waals surface area contributed by atoms with Crippen LogP contribution in [-0.4, -0.2) is 128 Å². The van der Waals surface area contributed by atoms with Gasteiger partial charge in [0.1, 0.15) is 11.5 Å². The Bertz CT molecular complexity index is 2270. The minimum Gasteiger partial charge on any atom is -0.495 e. The number of β-amino-alcohol motifs (C(OH)–C–C–N with tert-alkyl or cyclic N) is 1. The van der Waals surface area contributed by atoms with Gasteiger partial charge in [0.25, 0.3) is 0 Å². The average molecular weight is 980 g/mol. The molecule has 12 nitrogen and oxygen atoms in total. The smallest absolute Gasteiger partial charge is 0.418 e. The summed E-state index contributed by atoms with van der Waals surface area (Å²) in [5.74, 6) is -0.248. The Morgan fingerprint density at radius 3 is 1.51 bits per heavy atom. The summed E-state index contributed by atoms with van der Waals surface area (Å²) in [5.41, 5.74) is 2.81. The second-order valence-electron chi connectivity index (χ2n) is 16.0. The highest BCUT2D eigenvalue weighted by molar-refractivity contribution is 9.09. The summed E-state index contributed by atoms with van der Waals surface area (Å²) in [6, 6.07) is 11.9. The van der Waals surface area contributed by atoms with Crippen LogP contribution in [0.3, 0.4) is 0 Å². The molecular formula is C46H53BrF6N6O6. The highest BCUT2D eigenvalue weighted by Gasteiger charge is 2.40. The fourth-order valence-corrected chi connectivity index (χ4v) is 8.77. The van der Waals surface area contributed by atoms with Crippen LogP contribution in [0.4, 0.5) is 37.7 Å². The van der Waals surface area contributed by atoms with Crippen molar-refractivity contribution in [1.29, 1.82) is 0 Å². The number of nitrogens with one attached hydrogen (secondary N) is 1. The number of rotatable bonds is 11. The fraction of sp³-hybridized carbons (Fsp3) is 0.478. The van der Waals surface area contributed by atoms with Gasteiger partial charge < -0.3 is 34.8 Å². The maximum absolute atomic E-state index is 13.4. The first-order chi connectivity index (χ1) is 31.1. The topological polar surface area (TPSA) is 141 Å². The number of carbonyl (C=O) groups excluding carboxylic acids is 2. The van der Waals surface area contributed by atoms with Crippen LogP contribution in [0.5, 0.6) is 11.5 Å². The summed E-state index contributed by atoms with van der Waals surface area (Å²) in [4.78, 5) is 40.4. The van der Waals surface area contributed by atoms with Gasteiger partial charge in [-0.2, -0.15) is 26.3 Å². The van der Waals surface area contributed by atoms with Crippen LogP contribution in [0, 0.1) is 11.8 Å². The zero-order valence-electron chi connectivity index (χ0n) is 36.2. The van der Waals surface area contributed by atoms with Crippen LogP contribution in [0.2, 0.25) is 0 Å². The number of hydrogen-bond donors (Lipinski definition) is 3. The Labute approximate surface area is 382 Å². The first-order valence-corrected chi connectivity index (χ1v) is 22.5. The number of ether oxygens (including phenoxy) is 2. The monoisotopic (exact) mass is 978 g/mol. The molecule has 8 rings (SSSR count). The van der Waals surface area contributed by atoms with E-state index in [1.54, 1.807) is 26.4 Å². The molecule has 2 aromatic carbocycles. The van der Waals surface area contributed by atoms with E-state index >= 15 is 0 Å². The predicted molar refractivity (Wildman–Crippen MR) is 237 cm³/mol. The number of alkyl halides is 7. The number of ketones is 2. The second kappa shape index (κ2) is 22.1. The molecule has 2 fully saturated rings. The molecule has 352 valence electrons. The number of anilines is 2. The average Bonchev–Trinajstić information content (AvgIpc) is 3.78. The number of hydrogen-bond acceptors (Lipinski definition) is 12. The summed E-state index contributed by atoms with van der Waals surface area (Å²) in [5, 5.41) is 20.9. The van der Waals surface area contributed by atoms with Crippen molar-refractivity contribution in [3.05, 3.63) is 106 Å². The Morgan fingerprint density at radius 1 is 0.692 bits per heavy atom. The Hall–Kier alpha value is -4.82. The molecule has 2 aliphatic carbocycles. The normalized spacial score (nSPS) is 18.6. The maximum Gasteiger partial charge on any atom is 0.418 e. The van der Waals surface area contributed by atoms with Crippen LogP contribution in [0.1, 0.15) is 54.4 Å². The molecule has 0 amide bonds. The third-order valence-corrected chi connectivity index (χ3v) is 12.3. The number of aliphatic hydroxyl groups excluding tert-OH is 2. The minimum absolute atomic E-state index is 0.0333. The van der Waals surface area contributed by atoms with Gasteiger partial charge in [-0.05, 0) is 72.5 Å². The Kier molecular flexibility index (Phi) is 16.9. The standard InChI is InChI=1S/C23H26F3N3O3.C21H22F3N3O2.C2H5BrO/c1-32-21-14-17-15(13-20(21)29-7-5-28(6-8-29)9-10-30)11-16(22(17)31)12-19-18(23(24,25)26)3-2-4-27-19;1-29-19-12-15-13(11-18(19)27-7-5-25-6-8-27)9-14(20(15)28)10-17-16(21(22,23)24)3-2-4-26-17;3-1-2-4/h2-4,13-14,16,30H,5-12H2,1H3;2-4,11-12,14,25H,5-10H2,1H3;4H,1-2H2. The lowest BCUT2D eigenvalue weighted by Crippen LogP contribution is -2.47. The lowest BCUT2D eigenvalue weighted by Gasteiger charge is -2.36. The number of benzene rings is 2. The molecular weight excluding hydrogens is 926 g/mol. The molecule has 2 aromatic heterocycles. The molecule has 2 aliphatic heterocycles. The van der Waals surface area contributed by atoms with E-state index in [4.69, 9.17) is 19.7 Å². The van der Waals surface area contributed by atoms with Crippen LogP contribution in [0.25, 0.3) is 0 Å². The Balaban J connectivity index is 0.000000200. The highest BCUT2D eigenvalue weighted by Crippen LogP contribution is 2.42. The lowest BCUT2D eigenvalue weighted by atomic mass is 9.96. The maximum atomic E-state index is 13.4. The first kappa shape index (κ1) is 49.6. The van der Waals surface area contributed by atoms with Crippen LogP contribution in [0.15, 0.2) is 60.9 Å². The second-order valence-corrected chi connectivity index (χ2v) is 16.8. The van der Waals surface area contributed by atoms with E-state index in [1.165, 1.54) is 24.5 Å². The van der Waals surface area contributed by atoms with Gasteiger partial charge in [0.15, 0.2) is 11.6 Å². The Morgan fingerprint density at radius 2 is 1.12 bits per heavy atom. The molecule has 4 heterocycles. The third kappa shape index (κ3) is 12.0. The van der Waals surface area contributed by atoms with E-state index in [-0.39, 0.29) is 49.0 Å². The van der Waals surface area contributed by atoms with Gasteiger partial charge in [-0.3, -0.25) is 24.5 Å². The number of aliphatic hydroxyl groups is 2. The van der Waals surface area contributed by atoms with E-state index in [0.29, 0.717) is 47.3 Å². The quantitative estimate of drug-likeness (QED) is 0.115. The number of nitrogens with zero attached hydrogens (tertiary/aromatic N) is 5. The number of pyridine rings is 2. The van der Waals surface area contributed by atoms with Gasteiger partial charge in [-0.1, -0.05) is 15.9 Å². The zero-order valence-corrected chi connectivity index (χ0v) is 37.7. The van der Waals surface area contributed by atoms with Gasteiger partial charge in [-0.15, -0.1) is 0 Å². The van der Waals surface area contributed by atoms with Crippen LogP contribution in [-0.2, 0) is 38.0 Å². The van der Waals surface area contributed by atoms with E-state index in [1.807, 2.05) is 12.1 Å². The van der Waals surface area contributed by atoms with Crippen molar-refractivity contribution in [2.75, 3.05) is 101 Å². The molecule has 0 saturated carbocycles. The molecule has 2 atom stereocenters. The van der Waals surface area contributed by atoms with E-state index in [9.17, 15) is 35.9 Å². The molecule has 4 aliphatic rings. The van der Waals surface area contributed by atoms with Crippen LogP contribution >= 0.6 is 15.9 Å². The third-order valence-electron chi connectivity index (χ3n) is 12.0. The van der Waals surface area contributed by atoms with E-state index < -0.39 is 35.3 Å². The van der Waals surface area contributed by atoms with Gasteiger partial charge in [-0.25, -0.2) is 0 Å². The van der Waals surface area contributed by atoms with E-state index in [0.717, 1.165) is 87.0 Å². The minimum atomic E-state index is -4.51. The van der Waals surface area contributed by atoms with Crippen molar-refractivity contribution in [1.82, 2.24) is 20.2 Å². The van der Waals surface area contributed by atoms with Gasteiger partial charge in [0.05, 0.1) is 61.3 Å². The SMILES string of the molecule is COc1cc2c(cc1N1CCN(CCO)CC1)CC(Cc1ncccc1C(F)(F)F)C2=O.COc1cc2c(cc1N1CCNCC1)CC(Cc1ncccc1C(F)(F)F)C2=O.OCCBr. The van der Waals surface area contributed by atoms with Crippen molar-refractivity contribution in [2.45, 2.75) is 38.0 Å². The molecule has 0 spiro atoms. The van der Waals surface area contributed by atoms with Gasteiger partial charge >= 0.3 is 12.4 Å². The van der Waals surface area contributed by atoms with Gasteiger partial charge in [0.2, 0.25) is 0 Å². The van der Waals surface area contributed by atoms with Crippen molar-refractivity contribution in [3.63, 3.8) is 0 Å². The number of aromatic nitrogens is 2. The van der Waals surface area contributed by atoms with Gasteiger partial charge in [0, 0.05) is 112 Å². The molecule has 0 radical (unpaired) electrons. The van der Waals surface area contributed by atoms with Crippen molar-refractivity contribution < 1.29 is 55.6 Å². The number of Topliss-reactive ketones (excluding diaryl/α,β-unsaturated/α-hetero) is 2. The summed E-state index contributed by atoms with van der Waals surface area (Å²) in [6.45, 7) is 7.51. The molecule has 19 heteroatoms. The zero-order chi connectivity index (χ0) is 46.9. The van der Waals surface area contributed by atoms with E-state index in [2.05, 4.69) is 45.9 Å². The number of halogens is 7. The fourth-order valence-electron chi connectivity index (χ4n) is 8.77. The summed E-state index contributed by atoms with van der Waals surface area (Å²) >= 11 is 3.00. The molecule has 0 bridgehead atoms. The first-order valence-electron chi connectivity index (χ1n) is 21.3. The number of methoxy groups -OCH3 is 2. The largest absolute Gasteiger partial charge is 0.495 e. The molecule has 4 aromatic rings. The van der Waals surface area contributed by atoms with Crippen molar-refractivity contribution in [3.8, 4) is 11.5 Å². The number of piperazine rings is 2. The number of carbonyl (C=O) groups is 2. The molecule has 65 heavy (non-hydrogen) atoms. The number of fused-ring (bicyclic) bond motifs is 2. The van der Waals surface area contributed by atoms with Crippen LogP contribution < -0.4 is 24.6 Å². The highest BCUT2D eigenvalue weighted by atomic mass is 79.9. The predicted octanol–water partition coefficient (Wildman–Crippen LogP) is 6.31. The molecule has 3 N–H and O–H groups in total. The summed E-state index contributed by atoms with van der Waals surface area (Å²) in [7, 11) is 3.11. The summed E-state index contributed by atoms with van der Waals surface area (Å²) in [6.07, 6.45) is -5.63. The van der Waals surface area contributed by atoms with Crippen molar-refractivity contribution in [2.24, 2.45) is 11.8 Å². The van der Waals surface area contributed by atoms with Crippen molar-refractivity contribution >= 4 is 38.9 Å². The summed E-state index contributed by atoms with van der Waals surface area (Å²) < 4.78 is 91.0.